The maximum Gasteiger partial charge on any atom is 0.0494 e. The average molecular weight is 335 g/mol. The summed E-state index contributed by atoms with van der Waals surface area (Å²) >= 11 is 0. The molecule has 1 aliphatic rings. The molecule has 132 valence electrons. The van der Waals surface area contributed by atoms with Crippen molar-refractivity contribution < 1.29 is 0 Å². The van der Waals surface area contributed by atoms with Crippen LogP contribution in [-0.2, 0) is 7.05 Å². The van der Waals surface area contributed by atoms with E-state index in [1.807, 2.05) is 6.92 Å². The van der Waals surface area contributed by atoms with Crippen molar-refractivity contribution in [1.29, 1.82) is 0 Å². The normalized spacial score (nSPS) is 16.9. The lowest BCUT2D eigenvalue weighted by Gasteiger charge is -2.14. The molecule has 1 unspecified atom stereocenters. The molecule has 0 saturated heterocycles. The predicted octanol–water partition coefficient (Wildman–Crippen LogP) is 4.25. The fraction of sp³-hybridized carbons (Fsp3) is 0.304. The Morgan fingerprint density at radius 3 is 2.64 bits per heavy atom. The third kappa shape index (κ3) is 4.14. The number of allylic oxidation sites excluding steroid dienone is 3. The van der Waals surface area contributed by atoms with E-state index < -0.39 is 0 Å². The summed E-state index contributed by atoms with van der Waals surface area (Å²) in [5.41, 5.74) is 3.72. The average Bonchev–Trinajstić information content (AvgIpc) is 2.85. The third-order valence-corrected chi connectivity index (χ3v) is 4.40. The highest BCUT2D eigenvalue weighted by atomic mass is 14.9. The highest BCUT2D eigenvalue weighted by Crippen LogP contribution is 2.21. The van der Waals surface area contributed by atoms with E-state index in [1.54, 1.807) is 6.08 Å². The molecule has 1 N–H and O–H groups in total. The molecule has 1 aromatic heterocycles. The summed E-state index contributed by atoms with van der Waals surface area (Å²) in [5.74, 6) is 0. The zero-order chi connectivity index (χ0) is 18.4. The van der Waals surface area contributed by atoms with Crippen LogP contribution in [0.15, 0.2) is 49.2 Å². The molecule has 0 amide bonds. The molecule has 0 fully saturated rings. The third-order valence-electron chi connectivity index (χ3n) is 4.40. The molecule has 2 heterocycles. The first kappa shape index (κ1) is 18.9. The fourth-order valence-corrected chi connectivity index (χ4v) is 2.97. The van der Waals surface area contributed by atoms with Gasteiger partial charge in [-0.2, -0.15) is 0 Å². The number of nitrogens with zero attached hydrogens (tertiary/aromatic N) is 1. The molecule has 0 saturated carbocycles. The van der Waals surface area contributed by atoms with E-state index in [0.29, 0.717) is 6.04 Å². The Kier molecular flexibility index (Phi) is 6.46. The number of rotatable bonds is 3. The minimum atomic E-state index is 0.407. The monoisotopic (exact) mass is 334 g/mol. The van der Waals surface area contributed by atoms with Gasteiger partial charge in [-0.15, -0.1) is 6.58 Å². The number of unbranched alkanes of at least 4 members (excludes halogenated alkanes) is 1. The van der Waals surface area contributed by atoms with Crippen molar-refractivity contribution in [2.24, 2.45) is 7.05 Å². The number of nitrogens with one attached hydrogen (secondary N) is 1. The molecule has 1 aromatic carbocycles. The summed E-state index contributed by atoms with van der Waals surface area (Å²) in [4.78, 5) is 0. The molecular formula is C23H30N2. The SMILES string of the molecule is C=CC.C=c1/c(=C\CCC)c2ccc(C3=CNC(C)C=C3)cc2n1C. The Morgan fingerprint density at radius 1 is 1.32 bits per heavy atom. The minimum absolute atomic E-state index is 0.407. The molecule has 0 spiro atoms. The first-order chi connectivity index (χ1) is 12.0. The first-order valence-corrected chi connectivity index (χ1v) is 9.02. The summed E-state index contributed by atoms with van der Waals surface area (Å²) < 4.78 is 2.20. The maximum atomic E-state index is 4.25. The van der Waals surface area contributed by atoms with Gasteiger partial charge in [-0.05, 0) is 37.5 Å². The molecular weight excluding hydrogens is 304 g/mol. The number of hydrogen-bond acceptors (Lipinski definition) is 1. The second kappa shape index (κ2) is 8.57. The minimum Gasteiger partial charge on any atom is -0.384 e. The Hall–Kier alpha value is -2.48. The van der Waals surface area contributed by atoms with Crippen LogP contribution in [0, 0.1) is 0 Å². The Bertz CT molecular complexity index is 910. The van der Waals surface area contributed by atoms with E-state index in [0.717, 1.165) is 18.2 Å². The number of fused-ring (bicyclic) bond motifs is 1. The van der Waals surface area contributed by atoms with Gasteiger partial charge in [0, 0.05) is 40.8 Å². The molecule has 2 nitrogen and oxygen atoms in total. The fourth-order valence-electron chi connectivity index (χ4n) is 2.97. The molecule has 1 atom stereocenters. The van der Waals surface area contributed by atoms with Gasteiger partial charge in [0.05, 0.1) is 0 Å². The lowest BCUT2D eigenvalue weighted by Crippen LogP contribution is -2.25. The van der Waals surface area contributed by atoms with Crippen LogP contribution in [0.4, 0.5) is 0 Å². The number of aromatic nitrogens is 1. The van der Waals surface area contributed by atoms with Crippen molar-refractivity contribution in [2.75, 3.05) is 0 Å². The number of dihydropyridines is 1. The Balaban J connectivity index is 0.000000701. The van der Waals surface area contributed by atoms with Gasteiger partial charge in [0.1, 0.15) is 0 Å². The van der Waals surface area contributed by atoms with Crippen LogP contribution in [0.1, 0.15) is 39.2 Å². The van der Waals surface area contributed by atoms with Crippen molar-refractivity contribution in [3.8, 4) is 0 Å². The first-order valence-electron chi connectivity index (χ1n) is 9.02. The summed E-state index contributed by atoms with van der Waals surface area (Å²) in [6, 6.07) is 7.11. The summed E-state index contributed by atoms with van der Waals surface area (Å²) in [6.07, 6.45) is 12.8. The van der Waals surface area contributed by atoms with Crippen molar-refractivity contribution >= 4 is 29.1 Å². The quantitative estimate of drug-likeness (QED) is 0.830. The van der Waals surface area contributed by atoms with Crippen LogP contribution < -0.4 is 15.9 Å². The zero-order valence-electron chi connectivity index (χ0n) is 16.0. The van der Waals surface area contributed by atoms with E-state index >= 15 is 0 Å². The molecule has 25 heavy (non-hydrogen) atoms. The predicted molar refractivity (Wildman–Crippen MR) is 113 cm³/mol. The highest BCUT2D eigenvalue weighted by molar-refractivity contribution is 5.87. The van der Waals surface area contributed by atoms with E-state index in [9.17, 15) is 0 Å². The van der Waals surface area contributed by atoms with Gasteiger partial charge in [0.15, 0.2) is 0 Å². The smallest absolute Gasteiger partial charge is 0.0494 e. The lowest BCUT2D eigenvalue weighted by molar-refractivity contribution is 0.764. The van der Waals surface area contributed by atoms with Crippen molar-refractivity contribution in [2.45, 2.75) is 39.7 Å². The molecule has 2 aromatic rings. The van der Waals surface area contributed by atoms with E-state index in [-0.39, 0.29) is 0 Å². The van der Waals surface area contributed by atoms with Crippen LogP contribution in [0.25, 0.3) is 29.1 Å². The molecule has 1 aliphatic heterocycles. The van der Waals surface area contributed by atoms with Gasteiger partial charge in [0.2, 0.25) is 0 Å². The summed E-state index contributed by atoms with van der Waals surface area (Å²) in [7, 11) is 2.10. The summed E-state index contributed by atoms with van der Waals surface area (Å²) in [6.45, 7) is 13.9. The Labute approximate surface area is 151 Å². The van der Waals surface area contributed by atoms with Crippen molar-refractivity contribution in [3.05, 3.63) is 65.3 Å². The van der Waals surface area contributed by atoms with Gasteiger partial charge in [0.25, 0.3) is 0 Å². The van der Waals surface area contributed by atoms with Crippen LogP contribution in [0.5, 0.6) is 0 Å². The number of hydrogen-bond donors (Lipinski definition) is 1. The largest absolute Gasteiger partial charge is 0.384 e. The highest BCUT2D eigenvalue weighted by Gasteiger charge is 2.08. The van der Waals surface area contributed by atoms with E-state index in [2.05, 4.69) is 86.6 Å². The second-order valence-corrected chi connectivity index (χ2v) is 6.47. The van der Waals surface area contributed by atoms with Gasteiger partial charge in [-0.1, -0.05) is 56.4 Å². The van der Waals surface area contributed by atoms with Gasteiger partial charge < -0.3 is 9.88 Å². The molecule has 0 radical (unpaired) electrons. The van der Waals surface area contributed by atoms with Gasteiger partial charge in [-0.25, -0.2) is 0 Å². The van der Waals surface area contributed by atoms with Crippen LogP contribution >= 0.6 is 0 Å². The van der Waals surface area contributed by atoms with E-state index in [4.69, 9.17) is 0 Å². The second-order valence-electron chi connectivity index (χ2n) is 6.47. The zero-order valence-corrected chi connectivity index (χ0v) is 16.0. The van der Waals surface area contributed by atoms with Crippen molar-refractivity contribution in [1.82, 2.24) is 9.88 Å². The van der Waals surface area contributed by atoms with Crippen molar-refractivity contribution in [3.63, 3.8) is 0 Å². The molecule has 3 rings (SSSR count). The molecule has 0 bridgehead atoms. The number of benzene rings is 1. The molecule has 2 heteroatoms. The lowest BCUT2D eigenvalue weighted by atomic mass is 10.0. The van der Waals surface area contributed by atoms with Crippen LogP contribution in [-0.4, -0.2) is 10.6 Å². The Morgan fingerprint density at radius 2 is 2.04 bits per heavy atom. The standard InChI is InChI=1S/C20H24N2.C3H6/c1-5-6-7-18-15(3)22(4)20-12-16(10-11-19(18)20)17-9-8-14(2)21-13-17;1-3-2/h7-14,21H,3,5-6H2,1-2,4H3;3H,1H2,2H3/b18-7+;. The van der Waals surface area contributed by atoms with E-state index in [1.165, 1.54) is 27.3 Å². The summed E-state index contributed by atoms with van der Waals surface area (Å²) in [5, 5.41) is 7.04. The number of aryl methyl sites for hydroxylation is 1. The molecule has 0 aliphatic carbocycles. The van der Waals surface area contributed by atoms with Gasteiger partial charge >= 0.3 is 0 Å². The topological polar surface area (TPSA) is 17.0 Å². The maximum absolute atomic E-state index is 4.25. The van der Waals surface area contributed by atoms with Gasteiger partial charge in [-0.3, -0.25) is 0 Å². The van der Waals surface area contributed by atoms with Crippen LogP contribution in [0.3, 0.4) is 0 Å². The van der Waals surface area contributed by atoms with Crippen LogP contribution in [0.2, 0.25) is 0 Å².